The van der Waals surface area contributed by atoms with Gasteiger partial charge < -0.3 is 29.6 Å². The van der Waals surface area contributed by atoms with Gasteiger partial charge in [-0.2, -0.15) is 0 Å². The Hall–Kier alpha value is -3.70. The van der Waals surface area contributed by atoms with E-state index in [9.17, 15) is 14.4 Å². The fourth-order valence-corrected chi connectivity index (χ4v) is 5.20. The molecule has 46 heavy (non-hydrogen) atoms. The molecule has 1 aromatic carbocycles. The second-order valence-electron chi connectivity index (χ2n) is 13.0. The number of amides is 2. The van der Waals surface area contributed by atoms with Crippen molar-refractivity contribution in [1.29, 1.82) is 0 Å². The quantitative estimate of drug-likeness (QED) is 0.133. The van der Waals surface area contributed by atoms with Gasteiger partial charge in [0.1, 0.15) is 35.3 Å². The number of nitrogens with zero attached hydrogens (tertiary/aromatic N) is 1. The van der Waals surface area contributed by atoms with E-state index < -0.39 is 35.6 Å². The highest BCUT2D eigenvalue weighted by Crippen LogP contribution is 2.46. The predicted molar refractivity (Wildman–Crippen MR) is 177 cm³/mol. The lowest BCUT2D eigenvalue weighted by atomic mass is 10.0. The molecule has 1 aliphatic carbocycles. The number of pyridine rings is 1. The van der Waals surface area contributed by atoms with E-state index in [4.69, 9.17) is 23.9 Å². The first-order valence-electron chi connectivity index (χ1n) is 16.2. The van der Waals surface area contributed by atoms with E-state index >= 15 is 0 Å². The summed E-state index contributed by atoms with van der Waals surface area (Å²) in [6, 6.07) is 5.23. The maximum absolute atomic E-state index is 12.9. The highest BCUT2D eigenvalue weighted by atomic mass is 16.6. The first-order valence-corrected chi connectivity index (χ1v) is 16.2. The van der Waals surface area contributed by atoms with Gasteiger partial charge in [-0.3, -0.25) is 14.9 Å². The molecule has 1 aliphatic rings. The van der Waals surface area contributed by atoms with Gasteiger partial charge in [0.2, 0.25) is 5.91 Å². The molecular weight excluding hydrogens is 588 g/mol. The largest absolute Gasteiger partial charge is 0.487 e. The Morgan fingerprint density at radius 1 is 1.13 bits per heavy atom. The van der Waals surface area contributed by atoms with E-state index in [-0.39, 0.29) is 30.9 Å². The van der Waals surface area contributed by atoms with Crippen LogP contribution in [0.15, 0.2) is 30.4 Å². The molecule has 0 spiro atoms. The van der Waals surface area contributed by atoms with Crippen LogP contribution in [0.1, 0.15) is 85.1 Å². The summed E-state index contributed by atoms with van der Waals surface area (Å²) in [7, 11) is 0. The van der Waals surface area contributed by atoms with Gasteiger partial charge in [0.25, 0.3) is 0 Å². The van der Waals surface area contributed by atoms with Gasteiger partial charge in [-0.25, -0.2) is 9.78 Å². The van der Waals surface area contributed by atoms with Crippen LogP contribution >= 0.6 is 0 Å². The van der Waals surface area contributed by atoms with Crippen molar-refractivity contribution in [1.82, 2.24) is 20.9 Å². The second kappa shape index (κ2) is 15.7. The molecular formula is C35H52N4O7. The van der Waals surface area contributed by atoms with Gasteiger partial charge in [-0.05, 0) is 87.3 Å². The lowest BCUT2D eigenvalue weighted by molar-refractivity contribution is -0.149. The fraction of sp³-hybridized carbons (Fsp3) is 0.600. The molecule has 5 atom stereocenters. The van der Waals surface area contributed by atoms with Gasteiger partial charge in [0.05, 0.1) is 31.0 Å². The third-order valence-corrected chi connectivity index (χ3v) is 7.57. The van der Waals surface area contributed by atoms with Crippen LogP contribution in [0.25, 0.3) is 10.9 Å². The molecule has 0 radical (unpaired) electrons. The van der Waals surface area contributed by atoms with Crippen LogP contribution in [0.4, 0.5) is 4.79 Å². The number of carbonyl (C=O) groups excluding carboxylic acids is 3. The molecule has 0 aliphatic heterocycles. The van der Waals surface area contributed by atoms with Crippen LogP contribution in [0, 0.1) is 19.8 Å². The van der Waals surface area contributed by atoms with Crippen molar-refractivity contribution < 1.29 is 33.3 Å². The van der Waals surface area contributed by atoms with Crippen LogP contribution in [0.5, 0.6) is 5.75 Å². The minimum atomic E-state index is -0.810. The van der Waals surface area contributed by atoms with E-state index in [1.165, 1.54) is 0 Å². The van der Waals surface area contributed by atoms with Crippen LogP contribution in [-0.2, 0) is 30.4 Å². The van der Waals surface area contributed by atoms with E-state index in [2.05, 4.69) is 41.1 Å². The minimum Gasteiger partial charge on any atom is -0.487 e. The average molecular weight is 641 g/mol. The zero-order chi connectivity index (χ0) is 34.2. The van der Waals surface area contributed by atoms with E-state index in [0.717, 1.165) is 28.5 Å². The number of hydrogen-bond donors (Lipinski definition) is 3. The summed E-state index contributed by atoms with van der Waals surface area (Å²) in [6.07, 6.45) is 4.11. The molecule has 0 bridgehead atoms. The third kappa shape index (κ3) is 9.90. The van der Waals surface area contributed by atoms with Gasteiger partial charge in [0, 0.05) is 16.9 Å². The molecule has 11 nitrogen and oxygen atoms in total. The Balaban J connectivity index is 1.74. The fourth-order valence-electron chi connectivity index (χ4n) is 5.20. The number of carbonyl (C=O) groups is 3. The first-order chi connectivity index (χ1) is 21.6. The minimum absolute atomic E-state index is 0.0428. The van der Waals surface area contributed by atoms with E-state index in [0.29, 0.717) is 24.5 Å². The number of alkyl carbamates (subject to hydrolysis) is 1. The lowest BCUT2D eigenvalue weighted by Gasteiger charge is -2.25. The van der Waals surface area contributed by atoms with Gasteiger partial charge in [0.15, 0.2) is 0 Å². The maximum atomic E-state index is 12.9. The number of esters is 1. The number of aryl methyl sites for hydroxylation is 2. The standard InChI is InChI=1S/C35H52N4O7/c1-11-13-14-26-18-35(26,32(41)43-12-2)39-25(7)44-20-28-27-17-21(3)15-16-29(27)37-23(5)30(28)45-22(4)19-36-31(40)24(6)38-33(42)46-34(8,9)10/h13-17,22,24-26,39H,11-12,18-20H2,1-10H3,(H,36,40)(H,38,42)/b14-13-/t22?,24-,25-,26+,35+/m0/s1. The molecule has 2 amide bonds. The summed E-state index contributed by atoms with van der Waals surface area (Å²) >= 11 is 0. The van der Waals surface area contributed by atoms with Crippen LogP contribution in [0.3, 0.4) is 0 Å². The predicted octanol–water partition coefficient (Wildman–Crippen LogP) is 5.39. The summed E-state index contributed by atoms with van der Waals surface area (Å²) in [5, 5.41) is 9.67. The Morgan fingerprint density at radius 2 is 1.85 bits per heavy atom. The summed E-state index contributed by atoms with van der Waals surface area (Å²) in [5.74, 6) is -0.0209. The van der Waals surface area contributed by atoms with Crippen LogP contribution in [-0.4, -0.2) is 65.6 Å². The molecule has 11 heteroatoms. The SMILES string of the molecule is CC/C=C\[C@@H]1C[C@]1(N[C@H](C)OCc1c(OC(C)CNC(=O)[C@H](C)NC(=O)OC(C)(C)C)c(C)nc2ccc(C)cc12)C(=O)OCC. The number of rotatable bonds is 15. The zero-order valence-corrected chi connectivity index (χ0v) is 29.0. The number of aromatic nitrogens is 1. The summed E-state index contributed by atoms with van der Waals surface area (Å²) < 4.78 is 23.4. The van der Waals surface area contributed by atoms with Crippen molar-refractivity contribution in [2.24, 2.45) is 5.92 Å². The number of fused-ring (bicyclic) bond motifs is 1. The molecule has 1 fully saturated rings. The van der Waals surface area contributed by atoms with Crippen molar-refractivity contribution in [3.8, 4) is 5.75 Å². The number of hydrogen-bond acceptors (Lipinski definition) is 9. The topological polar surface area (TPSA) is 137 Å². The highest BCUT2D eigenvalue weighted by molar-refractivity contribution is 5.87. The van der Waals surface area contributed by atoms with Crippen molar-refractivity contribution in [2.75, 3.05) is 13.2 Å². The molecule has 3 rings (SSSR count). The monoisotopic (exact) mass is 640 g/mol. The van der Waals surface area contributed by atoms with Crippen molar-refractivity contribution in [3.05, 3.63) is 47.2 Å². The molecule has 1 unspecified atom stereocenters. The van der Waals surface area contributed by atoms with Crippen LogP contribution in [0.2, 0.25) is 0 Å². The van der Waals surface area contributed by atoms with Gasteiger partial charge in [-0.1, -0.05) is 30.7 Å². The second-order valence-corrected chi connectivity index (χ2v) is 13.0. The average Bonchev–Trinajstić information content (AvgIpc) is 3.67. The molecule has 1 saturated carbocycles. The summed E-state index contributed by atoms with van der Waals surface area (Å²) in [6.45, 7) is 19.0. The summed E-state index contributed by atoms with van der Waals surface area (Å²) in [5.41, 5.74) is 1.90. The number of benzene rings is 1. The molecule has 254 valence electrons. The molecule has 3 N–H and O–H groups in total. The molecule has 2 aromatic rings. The van der Waals surface area contributed by atoms with Crippen molar-refractivity contribution >= 4 is 28.9 Å². The van der Waals surface area contributed by atoms with E-state index in [1.54, 1.807) is 34.6 Å². The Morgan fingerprint density at radius 3 is 2.50 bits per heavy atom. The first kappa shape index (κ1) is 36.8. The highest BCUT2D eigenvalue weighted by Gasteiger charge is 2.60. The zero-order valence-electron chi connectivity index (χ0n) is 29.0. The smallest absolute Gasteiger partial charge is 0.408 e. The number of allylic oxidation sites excluding steroid dienone is 1. The number of ether oxygens (including phenoxy) is 4. The Kier molecular flexibility index (Phi) is 12.6. The van der Waals surface area contributed by atoms with Crippen LogP contribution < -0.4 is 20.7 Å². The molecule has 0 saturated heterocycles. The maximum Gasteiger partial charge on any atom is 0.408 e. The van der Waals surface area contributed by atoms with Crippen molar-refractivity contribution in [2.45, 2.75) is 118 Å². The van der Waals surface area contributed by atoms with Gasteiger partial charge >= 0.3 is 12.1 Å². The van der Waals surface area contributed by atoms with E-state index in [1.807, 2.05) is 39.8 Å². The number of nitrogens with one attached hydrogen (secondary N) is 3. The summed E-state index contributed by atoms with van der Waals surface area (Å²) in [4.78, 5) is 42.5. The Labute approximate surface area is 273 Å². The molecule has 1 heterocycles. The van der Waals surface area contributed by atoms with Gasteiger partial charge in [-0.15, -0.1) is 0 Å². The third-order valence-electron chi connectivity index (χ3n) is 7.57. The molecule has 1 aromatic heterocycles. The lowest BCUT2D eigenvalue weighted by Crippen LogP contribution is -2.48. The Bertz CT molecular complexity index is 1420. The normalized spacial score (nSPS) is 19.7. The van der Waals surface area contributed by atoms with Crippen molar-refractivity contribution in [3.63, 3.8) is 0 Å².